The molecule has 0 spiro atoms. The topological polar surface area (TPSA) is 71.8 Å². The third-order valence-corrected chi connectivity index (χ3v) is 5.09. The highest BCUT2D eigenvalue weighted by Crippen LogP contribution is 2.34. The third kappa shape index (κ3) is 3.09. The summed E-state index contributed by atoms with van der Waals surface area (Å²) in [6, 6.07) is 2.98. The summed E-state index contributed by atoms with van der Waals surface area (Å²) in [5, 5.41) is 0.777. The smallest absolute Gasteiger partial charge is 0.219 e. The van der Waals surface area contributed by atoms with Gasteiger partial charge in [-0.15, -0.1) is 6.58 Å². The first kappa shape index (κ1) is 14.7. The summed E-state index contributed by atoms with van der Waals surface area (Å²) in [5.41, 5.74) is 0. The Bertz CT molecular complexity index is 557. The normalized spacial score (nSPS) is 24.7. The van der Waals surface area contributed by atoms with Gasteiger partial charge in [0.05, 0.1) is 6.61 Å². The predicted octanol–water partition coefficient (Wildman–Crippen LogP) is 1.43. The summed E-state index contributed by atoms with van der Waals surface area (Å²) in [6.07, 6.45) is 1.50. The fourth-order valence-corrected chi connectivity index (χ4v) is 3.76. The summed E-state index contributed by atoms with van der Waals surface area (Å²) in [7, 11) is -1.82. The highest BCUT2D eigenvalue weighted by molar-refractivity contribution is 9.10. The van der Waals surface area contributed by atoms with Crippen molar-refractivity contribution in [2.45, 2.75) is 11.3 Å². The molecule has 1 aromatic rings. The van der Waals surface area contributed by atoms with Crippen molar-refractivity contribution in [2.24, 2.45) is 0 Å². The van der Waals surface area contributed by atoms with Crippen LogP contribution < -0.4 is 4.72 Å². The van der Waals surface area contributed by atoms with E-state index in [2.05, 4.69) is 27.2 Å². The van der Waals surface area contributed by atoms with E-state index in [-0.39, 0.29) is 13.2 Å². The Morgan fingerprint density at radius 2 is 2.37 bits per heavy atom. The number of sulfonamides is 1. The molecular weight excluding hydrogens is 336 g/mol. The fraction of sp³-hybridized carbons (Fsp3) is 0.455. The lowest BCUT2D eigenvalue weighted by atomic mass is 10.2. The minimum Gasteiger partial charge on any atom is -0.453 e. The summed E-state index contributed by atoms with van der Waals surface area (Å²) < 4.78 is 32.9. The Morgan fingerprint density at radius 3 is 2.95 bits per heavy atom. The largest absolute Gasteiger partial charge is 0.453 e. The standard InChI is InChI=1S/C11H15BrN2O4S/c1-3-6-13-19(15,16)9-7-17-14(2)11(9)8-4-5-10(12)18-8/h3-5,9,11,13H,1,6-7H2,2H3/t9-,11+/m1/s1. The van der Waals surface area contributed by atoms with Gasteiger partial charge in [-0.1, -0.05) is 6.08 Å². The Hall–Kier alpha value is -0.670. The molecule has 1 aliphatic heterocycles. The van der Waals surface area contributed by atoms with Gasteiger partial charge in [0.1, 0.15) is 17.1 Å². The minimum atomic E-state index is -3.51. The van der Waals surface area contributed by atoms with Crippen LogP contribution in [-0.2, 0) is 14.9 Å². The Balaban J connectivity index is 2.27. The number of hydrogen-bond donors (Lipinski definition) is 1. The molecule has 1 aliphatic rings. The zero-order valence-electron chi connectivity index (χ0n) is 10.4. The summed E-state index contributed by atoms with van der Waals surface area (Å²) in [4.78, 5) is 5.32. The molecule has 0 bridgehead atoms. The van der Waals surface area contributed by atoms with E-state index < -0.39 is 21.3 Å². The lowest BCUT2D eigenvalue weighted by Gasteiger charge is -2.20. The van der Waals surface area contributed by atoms with Gasteiger partial charge in [-0.25, -0.2) is 13.1 Å². The Kier molecular flexibility index (Phi) is 4.46. The number of furan rings is 1. The summed E-state index contributed by atoms with van der Waals surface area (Å²) in [6.45, 7) is 3.77. The van der Waals surface area contributed by atoms with Crippen LogP contribution in [-0.4, -0.2) is 38.9 Å². The van der Waals surface area contributed by atoms with Gasteiger partial charge in [0.2, 0.25) is 10.0 Å². The molecule has 6 nitrogen and oxygen atoms in total. The number of hydrogen-bond acceptors (Lipinski definition) is 5. The van der Waals surface area contributed by atoms with Gasteiger partial charge in [0.15, 0.2) is 4.67 Å². The van der Waals surface area contributed by atoms with E-state index in [9.17, 15) is 8.42 Å². The molecule has 8 heteroatoms. The third-order valence-electron chi connectivity index (χ3n) is 2.90. The van der Waals surface area contributed by atoms with Gasteiger partial charge < -0.3 is 4.42 Å². The van der Waals surface area contributed by atoms with E-state index in [0.717, 1.165) is 0 Å². The molecule has 2 atom stereocenters. The van der Waals surface area contributed by atoms with Crippen molar-refractivity contribution in [1.82, 2.24) is 9.79 Å². The molecule has 0 aromatic carbocycles. The number of rotatable bonds is 5. The first-order valence-corrected chi connectivity index (χ1v) is 8.00. The molecule has 1 aromatic heterocycles. The van der Waals surface area contributed by atoms with E-state index in [1.165, 1.54) is 11.1 Å². The maximum absolute atomic E-state index is 12.2. The van der Waals surface area contributed by atoms with Crippen LogP contribution in [0.2, 0.25) is 0 Å². The number of nitrogens with one attached hydrogen (secondary N) is 1. The van der Waals surface area contributed by atoms with Crippen LogP contribution in [0.5, 0.6) is 0 Å². The maximum Gasteiger partial charge on any atom is 0.219 e. The molecule has 0 radical (unpaired) electrons. The van der Waals surface area contributed by atoms with Crippen LogP contribution in [0.25, 0.3) is 0 Å². The highest BCUT2D eigenvalue weighted by Gasteiger charge is 2.44. The lowest BCUT2D eigenvalue weighted by molar-refractivity contribution is -0.113. The highest BCUT2D eigenvalue weighted by atomic mass is 79.9. The van der Waals surface area contributed by atoms with Crippen molar-refractivity contribution >= 4 is 26.0 Å². The van der Waals surface area contributed by atoms with E-state index >= 15 is 0 Å². The van der Waals surface area contributed by atoms with Gasteiger partial charge in [-0.05, 0) is 28.1 Å². The zero-order chi connectivity index (χ0) is 14.0. The predicted molar refractivity (Wildman–Crippen MR) is 73.8 cm³/mol. The van der Waals surface area contributed by atoms with Gasteiger partial charge in [-0.3, -0.25) is 4.84 Å². The van der Waals surface area contributed by atoms with Gasteiger partial charge in [0, 0.05) is 13.6 Å². The van der Waals surface area contributed by atoms with Gasteiger partial charge in [0.25, 0.3) is 0 Å². The Morgan fingerprint density at radius 1 is 1.63 bits per heavy atom. The second-order valence-corrected chi connectivity index (χ2v) is 6.92. The first-order valence-electron chi connectivity index (χ1n) is 5.66. The molecule has 1 fully saturated rings. The van der Waals surface area contributed by atoms with Crippen LogP contribution in [0.4, 0.5) is 0 Å². The van der Waals surface area contributed by atoms with Crippen molar-refractivity contribution in [2.75, 3.05) is 20.2 Å². The molecule has 2 rings (SSSR count). The van der Waals surface area contributed by atoms with E-state index in [0.29, 0.717) is 10.4 Å². The molecule has 2 heterocycles. The van der Waals surface area contributed by atoms with E-state index in [1.54, 1.807) is 19.2 Å². The van der Waals surface area contributed by atoms with Gasteiger partial charge >= 0.3 is 0 Å². The second-order valence-electron chi connectivity index (χ2n) is 4.15. The Labute approximate surface area is 120 Å². The molecule has 0 amide bonds. The number of halogens is 1. The molecular formula is C11H15BrN2O4S. The van der Waals surface area contributed by atoms with E-state index in [1.807, 2.05) is 0 Å². The molecule has 0 aliphatic carbocycles. The van der Waals surface area contributed by atoms with Crippen LogP contribution in [0, 0.1) is 0 Å². The number of nitrogens with zero attached hydrogens (tertiary/aromatic N) is 1. The van der Waals surface area contributed by atoms with Crippen LogP contribution >= 0.6 is 15.9 Å². The summed E-state index contributed by atoms with van der Waals surface area (Å²) >= 11 is 3.21. The lowest BCUT2D eigenvalue weighted by Crippen LogP contribution is -2.39. The van der Waals surface area contributed by atoms with Crippen molar-refractivity contribution in [1.29, 1.82) is 0 Å². The van der Waals surface area contributed by atoms with Crippen molar-refractivity contribution in [3.05, 3.63) is 35.2 Å². The van der Waals surface area contributed by atoms with Crippen molar-refractivity contribution < 1.29 is 17.7 Å². The molecule has 0 unspecified atom stereocenters. The minimum absolute atomic E-state index is 0.0892. The summed E-state index contributed by atoms with van der Waals surface area (Å²) in [5.74, 6) is 0.542. The first-order chi connectivity index (χ1) is 8.95. The van der Waals surface area contributed by atoms with Gasteiger partial charge in [-0.2, -0.15) is 5.06 Å². The molecule has 1 saturated heterocycles. The van der Waals surface area contributed by atoms with Crippen molar-refractivity contribution in [3.63, 3.8) is 0 Å². The molecule has 106 valence electrons. The van der Waals surface area contributed by atoms with E-state index in [4.69, 9.17) is 9.25 Å². The molecule has 0 saturated carbocycles. The van der Waals surface area contributed by atoms with Crippen LogP contribution in [0.1, 0.15) is 11.8 Å². The SMILES string of the molecule is C=CCNS(=O)(=O)[C@@H]1CON(C)[C@H]1c1ccc(Br)o1. The van der Waals surface area contributed by atoms with Crippen LogP contribution in [0.15, 0.2) is 33.9 Å². The quantitative estimate of drug-likeness (QED) is 0.813. The zero-order valence-corrected chi connectivity index (χ0v) is 12.8. The molecule has 1 N–H and O–H groups in total. The average molecular weight is 351 g/mol. The second kappa shape index (κ2) is 5.76. The van der Waals surface area contributed by atoms with Crippen molar-refractivity contribution in [3.8, 4) is 0 Å². The van der Waals surface area contributed by atoms with Crippen LogP contribution in [0.3, 0.4) is 0 Å². The molecule has 19 heavy (non-hydrogen) atoms. The monoisotopic (exact) mass is 350 g/mol. The average Bonchev–Trinajstić information content (AvgIpc) is 2.93. The number of hydroxylamine groups is 2. The fourth-order valence-electron chi connectivity index (χ4n) is 1.99. The maximum atomic E-state index is 12.2.